The second kappa shape index (κ2) is 10.8. The van der Waals surface area contributed by atoms with Crippen LogP contribution in [0.15, 0.2) is 174 Å². The molecule has 11 aromatic rings. The second-order valence-corrected chi connectivity index (χ2v) is 13.0. The van der Waals surface area contributed by atoms with Crippen molar-refractivity contribution in [2.75, 3.05) is 0 Å². The number of para-hydroxylation sites is 3. The zero-order valence-electron chi connectivity index (χ0n) is 27.4. The van der Waals surface area contributed by atoms with E-state index in [-0.39, 0.29) is 0 Å². The van der Waals surface area contributed by atoms with Crippen molar-refractivity contribution in [3.05, 3.63) is 170 Å². The van der Waals surface area contributed by atoms with Crippen LogP contribution in [0.25, 0.3) is 99.7 Å². The molecule has 7 aromatic carbocycles. The van der Waals surface area contributed by atoms with Crippen LogP contribution in [-0.4, -0.2) is 19.1 Å². The van der Waals surface area contributed by atoms with Gasteiger partial charge in [0.1, 0.15) is 11.2 Å². The molecule has 0 radical (unpaired) electrons. The molecular weight excluding hydrogens is 625 g/mol. The van der Waals surface area contributed by atoms with Gasteiger partial charge in [-0.1, -0.05) is 121 Å². The minimum absolute atomic E-state index is 0.606. The summed E-state index contributed by atoms with van der Waals surface area (Å²) in [6.45, 7) is 0. The van der Waals surface area contributed by atoms with Crippen molar-refractivity contribution in [2.24, 2.45) is 0 Å². The molecule has 0 N–H and O–H groups in total. The van der Waals surface area contributed by atoms with Gasteiger partial charge in [0.05, 0.1) is 33.5 Å². The first-order chi connectivity index (χ1) is 25.3. The number of rotatable bonds is 4. The Kier molecular flexibility index (Phi) is 5.89. The minimum atomic E-state index is 0.606. The van der Waals surface area contributed by atoms with Crippen molar-refractivity contribution in [1.29, 1.82) is 0 Å². The van der Waals surface area contributed by atoms with Crippen molar-refractivity contribution in [3.63, 3.8) is 0 Å². The number of nitrogens with zero attached hydrogens (tertiary/aromatic N) is 4. The van der Waals surface area contributed by atoms with Gasteiger partial charge in [-0.2, -0.15) is 0 Å². The van der Waals surface area contributed by atoms with E-state index in [1.807, 2.05) is 24.3 Å². The summed E-state index contributed by atoms with van der Waals surface area (Å²) in [4.78, 5) is 10.7. The van der Waals surface area contributed by atoms with Gasteiger partial charge in [0, 0.05) is 55.2 Å². The molecule has 5 heteroatoms. The van der Waals surface area contributed by atoms with Gasteiger partial charge in [-0.25, -0.2) is 9.97 Å². The number of fused-ring (bicyclic) bond motifs is 10. The maximum atomic E-state index is 6.49. The highest BCUT2D eigenvalue weighted by atomic mass is 16.3. The number of aromatic nitrogens is 4. The molecule has 5 nitrogen and oxygen atoms in total. The predicted octanol–water partition coefficient (Wildman–Crippen LogP) is 11.9. The zero-order valence-corrected chi connectivity index (χ0v) is 27.4. The summed E-state index contributed by atoms with van der Waals surface area (Å²) >= 11 is 0. The van der Waals surface area contributed by atoms with Crippen molar-refractivity contribution in [1.82, 2.24) is 19.1 Å². The Morgan fingerprint density at radius 3 is 1.75 bits per heavy atom. The van der Waals surface area contributed by atoms with E-state index in [2.05, 4.69) is 155 Å². The first kappa shape index (κ1) is 27.9. The van der Waals surface area contributed by atoms with Crippen LogP contribution in [0.4, 0.5) is 0 Å². The molecule has 4 aromatic heterocycles. The monoisotopic (exact) mass is 652 g/mol. The summed E-state index contributed by atoms with van der Waals surface area (Å²) < 4.78 is 11.1. The second-order valence-electron chi connectivity index (χ2n) is 13.0. The molecule has 0 fully saturated rings. The zero-order chi connectivity index (χ0) is 33.5. The molecule has 0 atom stereocenters. The summed E-state index contributed by atoms with van der Waals surface area (Å²) in [5, 5.41) is 6.77. The summed E-state index contributed by atoms with van der Waals surface area (Å²) in [5.41, 5.74) is 10.9. The molecule has 0 saturated carbocycles. The lowest BCUT2D eigenvalue weighted by Crippen LogP contribution is -2.04. The third-order valence-electron chi connectivity index (χ3n) is 10.1. The molecule has 0 aliphatic rings. The Balaban J connectivity index is 1.34. The highest BCUT2D eigenvalue weighted by Crippen LogP contribution is 2.44. The molecule has 0 saturated heterocycles. The standard InChI is InChI=1S/C46H28N4O/c1-4-14-29(15-5-1)37-27-38(30-16-6-2-7-17-30)48-46(47-37)50-41-28-43-36(32-20-11-13-23-42(32)51-43)26-35(41)33-24-25-40-44(45(33)50)34-21-10-12-22-39(34)49(40)31-18-8-3-9-19-31/h1-28H. The Morgan fingerprint density at radius 2 is 1.02 bits per heavy atom. The van der Waals surface area contributed by atoms with Crippen LogP contribution in [-0.2, 0) is 0 Å². The molecule has 0 amide bonds. The van der Waals surface area contributed by atoms with E-state index < -0.39 is 0 Å². The molecule has 51 heavy (non-hydrogen) atoms. The average molecular weight is 653 g/mol. The van der Waals surface area contributed by atoms with Gasteiger partial charge < -0.3 is 8.98 Å². The number of furan rings is 1. The van der Waals surface area contributed by atoms with E-state index in [9.17, 15) is 0 Å². The van der Waals surface area contributed by atoms with Gasteiger partial charge in [0.2, 0.25) is 5.95 Å². The van der Waals surface area contributed by atoms with Crippen LogP contribution in [0.2, 0.25) is 0 Å². The van der Waals surface area contributed by atoms with Gasteiger partial charge in [0.25, 0.3) is 0 Å². The molecule has 0 unspecified atom stereocenters. The Labute approximate surface area is 292 Å². The first-order valence-electron chi connectivity index (χ1n) is 17.2. The van der Waals surface area contributed by atoms with Crippen LogP contribution < -0.4 is 0 Å². The van der Waals surface area contributed by atoms with Gasteiger partial charge in [-0.3, -0.25) is 4.57 Å². The van der Waals surface area contributed by atoms with Crippen LogP contribution in [0, 0.1) is 0 Å². The first-order valence-corrected chi connectivity index (χ1v) is 17.2. The quantitative estimate of drug-likeness (QED) is 0.190. The van der Waals surface area contributed by atoms with Crippen molar-refractivity contribution < 1.29 is 4.42 Å². The van der Waals surface area contributed by atoms with Crippen LogP contribution >= 0.6 is 0 Å². The molecule has 0 aliphatic heterocycles. The minimum Gasteiger partial charge on any atom is -0.456 e. The largest absolute Gasteiger partial charge is 0.456 e. The summed E-state index contributed by atoms with van der Waals surface area (Å²) in [6.07, 6.45) is 0. The van der Waals surface area contributed by atoms with Crippen molar-refractivity contribution in [2.45, 2.75) is 0 Å². The highest BCUT2D eigenvalue weighted by molar-refractivity contribution is 6.27. The Hall–Kier alpha value is -6.98. The normalized spacial score (nSPS) is 11.9. The van der Waals surface area contributed by atoms with Crippen molar-refractivity contribution >= 4 is 65.6 Å². The Bertz CT molecular complexity index is 3060. The number of benzene rings is 7. The van der Waals surface area contributed by atoms with Crippen molar-refractivity contribution in [3.8, 4) is 34.2 Å². The fourth-order valence-electron chi connectivity index (χ4n) is 7.88. The van der Waals surface area contributed by atoms with Gasteiger partial charge >= 0.3 is 0 Å². The van der Waals surface area contributed by atoms with E-state index >= 15 is 0 Å². The highest BCUT2D eigenvalue weighted by Gasteiger charge is 2.24. The fourth-order valence-corrected chi connectivity index (χ4v) is 7.88. The molecular formula is C46H28N4O. The van der Waals surface area contributed by atoms with Gasteiger partial charge in [-0.05, 0) is 42.5 Å². The topological polar surface area (TPSA) is 48.8 Å². The SMILES string of the molecule is c1ccc(-c2cc(-c3ccccc3)nc(-n3c4cc5oc6ccccc6c5cc4c4ccc5c(c6ccccc6n5-c5ccccc5)c43)n2)cc1. The smallest absolute Gasteiger partial charge is 0.235 e. The molecule has 4 heterocycles. The number of hydrogen-bond acceptors (Lipinski definition) is 3. The fraction of sp³-hybridized carbons (Fsp3) is 0. The average Bonchev–Trinajstić information content (AvgIpc) is 3.85. The predicted molar refractivity (Wildman–Crippen MR) is 209 cm³/mol. The Morgan fingerprint density at radius 1 is 0.392 bits per heavy atom. The van der Waals surface area contributed by atoms with Gasteiger partial charge in [-0.15, -0.1) is 0 Å². The molecule has 238 valence electrons. The summed E-state index contributed by atoms with van der Waals surface area (Å²) in [5.74, 6) is 0.606. The van der Waals surface area contributed by atoms with Crippen LogP contribution in [0.1, 0.15) is 0 Å². The maximum Gasteiger partial charge on any atom is 0.235 e. The molecule has 11 rings (SSSR count). The van der Waals surface area contributed by atoms with E-state index in [0.29, 0.717) is 5.95 Å². The number of hydrogen-bond donors (Lipinski definition) is 0. The van der Waals surface area contributed by atoms with E-state index in [4.69, 9.17) is 14.4 Å². The van der Waals surface area contributed by atoms with E-state index in [1.165, 1.54) is 5.39 Å². The summed E-state index contributed by atoms with van der Waals surface area (Å²) in [6, 6.07) is 59.4. The molecule has 0 spiro atoms. The third-order valence-corrected chi connectivity index (χ3v) is 10.1. The molecule has 0 bridgehead atoms. The van der Waals surface area contributed by atoms with Gasteiger partial charge in [0.15, 0.2) is 0 Å². The lowest BCUT2D eigenvalue weighted by Gasteiger charge is -2.12. The summed E-state index contributed by atoms with van der Waals surface area (Å²) in [7, 11) is 0. The van der Waals surface area contributed by atoms with E-state index in [0.717, 1.165) is 88.4 Å². The third kappa shape index (κ3) is 4.15. The molecule has 0 aliphatic carbocycles. The van der Waals surface area contributed by atoms with E-state index in [1.54, 1.807) is 0 Å². The lowest BCUT2D eigenvalue weighted by molar-refractivity contribution is 0.669. The maximum absolute atomic E-state index is 6.49. The van der Waals surface area contributed by atoms with Crippen LogP contribution in [0.3, 0.4) is 0 Å². The van der Waals surface area contributed by atoms with Crippen LogP contribution in [0.5, 0.6) is 0 Å². The lowest BCUT2D eigenvalue weighted by atomic mass is 10.1.